The lowest BCUT2D eigenvalue weighted by Gasteiger charge is -2.14. The molecule has 3 rings (SSSR count). The maximum absolute atomic E-state index is 12.2. The van der Waals surface area contributed by atoms with E-state index in [0.29, 0.717) is 34.7 Å². The van der Waals surface area contributed by atoms with Crippen LogP contribution >= 0.6 is 11.6 Å². The molecule has 1 amide bonds. The Morgan fingerprint density at radius 1 is 1.19 bits per heavy atom. The highest BCUT2D eigenvalue weighted by molar-refractivity contribution is 6.30. The Kier molecular flexibility index (Phi) is 5.53. The standard InChI is InChI=1S/C19H18ClN3O3/c1-3-23(2)19(24)14-7-5-9-16(11-14)25-12-17-21-22-18(26-17)13-6-4-8-15(20)10-13/h4-11H,3,12H2,1-2H3. The van der Waals surface area contributed by atoms with E-state index in [2.05, 4.69) is 10.2 Å². The van der Waals surface area contributed by atoms with E-state index in [1.807, 2.05) is 19.1 Å². The quantitative estimate of drug-likeness (QED) is 0.653. The monoisotopic (exact) mass is 371 g/mol. The van der Waals surface area contributed by atoms with Crippen molar-refractivity contribution in [3.63, 3.8) is 0 Å². The molecule has 0 unspecified atom stereocenters. The van der Waals surface area contributed by atoms with Crippen LogP contribution in [-0.2, 0) is 6.61 Å². The highest BCUT2D eigenvalue weighted by atomic mass is 35.5. The van der Waals surface area contributed by atoms with Crippen molar-refractivity contribution < 1.29 is 13.9 Å². The van der Waals surface area contributed by atoms with Gasteiger partial charge in [0.2, 0.25) is 5.89 Å². The van der Waals surface area contributed by atoms with Gasteiger partial charge in [0, 0.05) is 29.7 Å². The third-order valence-corrected chi connectivity index (χ3v) is 4.04. The van der Waals surface area contributed by atoms with E-state index in [1.165, 1.54) is 0 Å². The van der Waals surface area contributed by atoms with Gasteiger partial charge in [0.15, 0.2) is 6.61 Å². The Morgan fingerprint density at radius 2 is 2.00 bits per heavy atom. The predicted molar refractivity (Wildman–Crippen MR) is 98.2 cm³/mol. The molecule has 0 bridgehead atoms. The molecule has 0 aliphatic carbocycles. The van der Waals surface area contributed by atoms with Gasteiger partial charge in [-0.2, -0.15) is 0 Å². The summed E-state index contributed by atoms with van der Waals surface area (Å²) < 4.78 is 11.3. The predicted octanol–water partition coefficient (Wildman–Crippen LogP) is 4.06. The second-order valence-corrected chi connectivity index (χ2v) is 6.08. The Labute approximate surface area is 156 Å². The van der Waals surface area contributed by atoms with Gasteiger partial charge in [-0.05, 0) is 43.3 Å². The van der Waals surface area contributed by atoms with Gasteiger partial charge in [-0.3, -0.25) is 4.79 Å². The van der Waals surface area contributed by atoms with E-state index in [9.17, 15) is 4.79 Å². The molecule has 134 valence electrons. The minimum absolute atomic E-state index is 0.0565. The summed E-state index contributed by atoms with van der Waals surface area (Å²) in [5.41, 5.74) is 1.31. The molecule has 0 aliphatic rings. The number of halogens is 1. The van der Waals surface area contributed by atoms with Gasteiger partial charge in [-0.1, -0.05) is 23.7 Å². The minimum Gasteiger partial charge on any atom is -0.484 e. The minimum atomic E-state index is -0.0565. The third kappa shape index (κ3) is 4.21. The van der Waals surface area contributed by atoms with Gasteiger partial charge in [-0.15, -0.1) is 10.2 Å². The number of aromatic nitrogens is 2. The summed E-state index contributed by atoms with van der Waals surface area (Å²) in [7, 11) is 1.76. The van der Waals surface area contributed by atoms with Crippen LogP contribution in [0.5, 0.6) is 5.75 Å². The van der Waals surface area contributed by atoms with Crippen molar-refractivity contribution in [3.05, 3.63) is 65.0 Å². The SMILES string of the molecule is CCN(C)C(=O)c1cccc(OCc2nnc(-c3cccc(Cl)c3)o2)c1. The molecule has 7 heteroatoms. The largest absolute Gasteiger partial charge is 0.484 e. The molecule has 0 fully saturated rings. The summed E-state index contributed by atoms with van der Waals surface area (Å²) >= 11 is 5.97. The summed E-state index contributed by atoms with van der Waals surface area (Å²) in [6.45, 7) is 2.67. The molecule has 0 N–H and O–H groups in total. The number of hydrogen-bond acceptors (Lipinski definition) is 5. The van der Waals surface area contributed by atoms with Crippen molar-refractivity contribution in [2.45, 2.75) is 13.5 Å². The first-order valence-electron chi connectivity index (χ1n) is 8.13. The molecule has 2 aromatic carbocycles. The lowest BCUT2D eigenvalue weighted by molar-refractivity contribution is 0.0802. The highest BCUT2D eigenvalue weighted by Crippen LogP contribution is 2.22. The molecular weight excluding hydrogens is 354 g/mol. The normalized spacial score (nSPS) is 10.6. The van der Waals surface area contributed by atoms with Gasteiger partial charge in [0.1, 0.15) is 5.75 Å². The number of carbonyl (C=O) groups is 1. The number of nitrogens with zero attached hydrogens (tertiary/aromatic N) is 3. The van der Waals surface area contributed by atoms with Gasteiger partial charge < -0.3 is 14.1 Å². The maximum Gasteiger partial charge on any atom is 0.254 e. The van der Waals surface area contributed by atoms with E-state index >= 15 is 0 Å². The summed E-state index contributed by atoms with van der Waals surface area (Å²) in [5.74, 6) is 1.21. The number of benzene rings is 2. The summed E-state index contributed by atoms with van der Waals surface area (Å²) in [6, 6.07) is 14.2. The van der Waals surface area contributed by atoms with Crippen molar-refractivity contribution in [2.75, 3.05) is 13.6 Å². The average Bonchev–Trinajstić information content (AvgIpc) is 3.14. The molecule has 1 aromatic heterocycles. The third-order valence-electron chi connectivity index (χ3n) is 3.80. The van der Waals surface area contributed by atoms with E-state index in [-0.39, 0.29) is 12.5 Å². The molecule has 0 atom stereocenters. The Balaban J connectivity index is 1.67. The number of hydrogen-bond donors (Lipinski definition) is 0. The highest BCUT2D eigenvalue weighted by Gasteiger charge is 2.12. The average molecular weight is 372 g/mol. The van der Waals surface area contributed by atoms with Crippen molar-refractivity contribution in [1.29, 1.82) is 0 Å². The molecule has 26 heavy (non-hydrogen) atoms. The van der Waals surface area contributed by atoms with E-state index < -0.39 is 0 Å². The number of carbonyl (C=O) groups excluding carboxylic acids is 1. The Hall–Kier alpha value is -2.86. The van der Waals surface area contributed by atoms with Crippen molar-refractivity contribution in [3.8, 4) is 17.2 Å². The maximum atomic E-state index is 12.2. The molecule has 3 aromatic rings. The molecular formula is C19H18ClN3O3. The molecule has 0 spiro atoms. The van der Waals surface area contributed by atoms with Crippen LogP contribution in [0, 0.1) is 0 Å². The van der Waals surface area contributed by atoms with Gasteiger partial charge in [0.05, 0.1) is 0 Å². The van der Waals surface area contributed by atoms with Crippen LogP contribution in [0.15, 0.2) is 52.9 Å². The Bertz CT molecular complexity index is 910. The number of amides is 1. The second kappa shape index (κ2) is 8.01. The van der Waals surface area contributed by atoms with Crippen molar-refractivity contribution in [1.82, 2.24) is 15.1 Å². The second-order valence-electron chi connectivity index (χ2n) is 5.65. The Morgan fingerprint density at radius 3 is 2.77 bits per heavy atom. The van der Waals surface area contributed by atoms with Gasteiger partial charge >= 0.3 is 0 Å². The van der Waals surface area contributed by atoms with Crippen LogP contribution in [0.4, 0.5) is 0 Å². The molecule has 1 heterocycles. The zero-order valence-corrected chi connectivity index (χ0v) is 15.2. The first-order valence-corrected chi connectivity index (χ1v) is 8.51. The lowest BCUT2D eigenvalue weighted by atomic mass is 10.2. The molecule has 6 nitrogen and oxygen atoms in total. The van der Waals surface area contributed by atoms with Gasteiger partial charge in [0.25, 0.3) is 11.8 Å². The lowest BCUT2D eigenvalue weighted by Crippen LogP contribution is -2.26. The van der Waals surface area contributed by atoms with Crippen LogP contribution < -0.4 is 4.74 Å². The van der Waals surface area contributed by atoms with E-state index in [4.69, 9.17) is 20.8 Å². The fourth-order valence-electron chi connectivity index (χ4n) is 2.28. The van der Waals surface area contributed by atoms with Crippen LogP contribution in [-0.4, -0.2) is 34.6 Å². The fraction of sp³-hybridized carbons (Fsp3) is 0.211. The molecule has 0 radical (unpaired) electrons. The molecule has 0 saturated heterocycles. The summed E-state index contributed by atoms with van der Waals surface area (Å²) in [4.78, 5) is 13.8. The van der Waals surface area contributed by atoms with Crippen LogP contribution in [0.25, 0.3) is 11.5 Å². The zero-order valence-electron chi connectivity index (χ0n) is 14.5. The topological polar surface area (TPSA) is 68.5 Å². The van der Waals surface area contributed by atoms with Crippen molar-refractivity contribution in [2.24, 2.45) is 0 Å². The van der Waals surface area contributed by atoms with Crippen LogP contribution in [0.2, 0.25) is 5.02 Å². The number of rotatable bonds is 6. The van der Waals surface area contributed by atoms with Crippen LogP contribution in [0.1, 0.15) is 23.2 Å². The molecule has 0 saturated carbocycles. The smallest absolute Gasteiger partial charge is 0.254 e. The zero-order chi connectivity index (χ0) is 18.5. The summed E-state index contributed by atoms with van der Waals surface area (Å²) in [5, 5.41) is 8.57. The van der Waals surface area contributed by atoms with E-state index in [0.717, 1.165) is 5.56 Å². The first kappa shape index (κ1) is 17.9. The fourth-order valence-corrected chi connectivity index (χ4v) is 2.47. The summed E-state index contributed by atoms with van der Waals surface area (Å²) in [6.07, 6.45) is 0. The molecule has 0 aliphatic heterocycles. The van der Waals surface area contributed by atoms with E-state index in [1.54, 1.807) is 48.3 Å². The first-order chi connectivity index (χ1) is 12.6. The number of ether oxygens (including phenoxy) is 1. The van der Waals surface area contributed by atoms with Crippen LogP contribution in [0.3, 0.4) is 0 Å². The van der Waals surface area contributed by atoms with Crippen molar-refractivity contribution >= 4 is 17.5 Å². The van der Waals surface area contributed by atoms with Gasteiger partial charge in [-0.25, -0.2) is 0 Å².